The van der Waals surface area contributed by atoms with Crippen molar-refractivity contribution < 1.29 is 9.53 Å². The predicted octanol–water partition coefficient (Wildman–Crippen LogP) is 3.90. The summed E-state index contributed by atoms with van der Waals surface area (Å²) in [5, 5.41) is 0. The van der Waals surface area contributed by atoms with Crippen LogP contribution in [0.4, 0.5) is 0 Å². The Kier molecular flexibility index (Phi) is 6.09. The number of nitrogens with two attached hydrogens (primary N) is 1. The van der Waals surface area contributed by atoms with E-state index < -0.39 is 6.04 Å². The van der Waals surface area contributed by atoms with Gasteiger partial charge in [0.25, 0.3) is 0 Å². The molecule has 2 rings (SSSR count). The quantitative estimate of drug-likeness (QED) is 0.800. The lowest BCUT2D eigenvalue weighted by molar-refractivity contribution is -0.159. The third-order valence-corrected chi connectivity index (χ3v) is 5.66. The van der Waals surface area contributed by atoms with E-state index in [1.807, 2.05) is 0 Å². The molecule has 0 unspecified atom stereocenters. The minimum absolute atomic E-state index is 0.0795. The van der Waals surface area contributed by atoms with Gasteiger partial charge >= 0.3 is 5.97 Å². The lowest BCUT2D eigenvalue weighted by Gasteiger charge is -2.37. The Morgan fingerprint density at radius 2 is 1.76 bits per heavy atom. The predicted molar refractivity (Wildman–Crippen MR) is 85.8 cm³/mol. The lowest BCUT2D eigenvalue weighted by atomic mass is 9.75. The molecule has 0 aromatic rings. The normalized spacial score (nSPS) is 32.9. The molecule has 3 nitrogen and oxygen atoms in total. The Balaban J connectivity index is 1.92. The van der Waals surface area contributed by atoms with E-state index in [9.17, 15) is 4.79 Å². The topological polar surface area (TPSA) is 52.3 Å². The summed E-state index contributed by atoms with van der Waals surface area (Å²) >= 11 is 0. The van der Waals surface area contributed by atoms with E-state index >= 15 is 0 Å². The summed E-state index contributed by atoms with van der Waals surface area (Å²) in [4.78, 5) is 12.4. The van der Waals surface area contributed by atoms with Gasteiger partial charge in [0.15, 0.2) is 0 Å². The molecule has 2 aliphatic rings. The summed E-state index contributed by atoms with van der Waals surface area (Å²) in [6.45, 7) is 6.74. The molecule has 3 heteroatoms. The first kappa shape index (κ1) is 16.8. The first-order valence-electron chi connectivity index (χ1n) is 8.95. The molecule has 21 heavy (non-hydrogen) atoms. The summed E-state index contributed by atoms with van der Waals surface area (Å²) in [5.74, 6) is 1.92. The van der Waals surface area contributed by atoms with Crippen molar-refractivity contribution in [3.8, 4) is 0 Å². The molecule has 2 fully saturated rings. The molecule has 0 amide bonds. The SMILES string of the molecule is CC(C)[C@@H]1CC[C@@H](C)C[C@H]1OC(=O)[C@@H](N)C1CCCCC1. The molecule has 0 spiro atoms. The molecule has 122 valence electrons. The second-order valence-electron chi connectivity index (χ2n) is 7.73. The number of esters is 1. The van der Waals surface area contributed by atoms with Crippen LogP contribution in [0.2, 0.25) is 0 Å². The monoisotopic (exact) mass is 295 g/mol. The van der Waals surface area contributed by atoms with E-state index in [2.05, 4.69) is 20.8 Å². The molecule has 0 aromatic carbocycles. The van der Waals surface area contributed by atoms with Crippen LogP contribution in [-0.4, -0.2) is 18.1 Å². The maximum Gasteiger partial charge on any atom is 0.323 e. The fourth-order valence-corrected chi connectivity index (χ4v) is 4.16. The van der Waals surface area contributed by atoms with Crippen molar-refractivity contribution in [2.24, 2.45) is 29.4 Å². The summed E-state index contributed by atoms with van der Waals surface area (Å²) in [6.07, 6.45) is 9.40. The molecule has 2 N–H and O–H groups in total. The van der Waals surface area contributed by atoms with Crippen LogP contribution in [0.1, 0.15) is 72.1 Å². The Bertz CT molecular complexity index is 336. The van der Waals surface area contributed by atoms with Crippen LogP contribution in [0.3, 0.4) is 0 Å². The van der Waals surface area contributed by atoms with Gasteiger partial charge in [0.1, 0.15) is 12.1 Å². The standard InChI is InChI=1S/C18H33NO2/c1-12(2)15-10-9-13(3)11-16(15)21-18(20)17(19)14-7-5-4-6-8-14/h12-17H,4-11,19H2,1-3H3/t13-,15+,16-,17+/m1/s1. The average Bonchev–Trinajstić information content (AvgIpc) is 2.47. The summed E-state index contributed by atoms with van der Waals surface area (Å²) in [7, 11) is 0. The highest BCUT2D eigenvalue weighted by molar-refractivity contribution is 5.76. The third-order valence-electron chi connectivity index (χ3n) is 5.66. The number of hydrogen-bond donors (Lipinski definition) is 1. The number of ether oxygens (including phenoxy) is 1. The second-order valence-corrected chi connectivity index (χ2v) is 7.73. The molecule has 4 atom stereocenters. The number of hydrogen-bond acceptors (Lipinski definition) is 3. The minimum Gasteiger partial charge on any atom is -0.461 e. The Morgan fingerprint density at radius 1 is 1.10 bits per heavy atom. The van der Waals surface area contributed by atoms with Gasteiger partial charge in [0.05, 0.1) is 0 Å². The molecule has 2 saturated carbocycles. The van der Waals surface area contributed by atoms with E-state index in [0.717, 1.165) is 19.3 Å². The number of carbonyl (C=O) groups excluding carboxylic acids is 1. The van der Waals surface area contributed by atoms with Gasteiger partial charge in [-0.3, -0.25) is 4.79 Å². The zero-order valence-corrected chi connectivity index (χ0v) is 14.0. The van der Waals surface area contributed by atoms with Crippen molar-refractivity contribution in [3.63, 3.8) is 0 Å². The van der Waals surface area contributed by atoms with E-state index in [1.165, 1.54) is 32.1 Å². The Morgan fingerprint density at radius 3 is 2.38 bits per heavy atom. The summed E-state index contributed by atoms with van der Waals surface area (Å²) in [5.41, 5.74) is 6.19. The van der Waals surface area contributed by atoms with Gasteiger partial charge in [-0.1, -0.05) is 46.5 Å². The molecule has 0 bridgehead atoms. The summed E-state index contributed by atoms with van der Waals surface area (Å²) in [6, 6.07) is -0.407. The van der Waals surface area contributed by atoms with Crippen molar-refractivity contribution in [1.82, 2.24) is 0 Å². The van der Waals surface area contributed by atoms with Gasteiger partial charge in [0.2, 0.25) is 0 Å². The minimum atomic E-state index is -0.407. The maximum atomic E-state index is 12.4. The third kappa shape index (κ3) is 4.45. The van der Waals surface area contributed by atoms with Gasteiger partial charge in [-0.2, -0.15) is 0 Å². The highest BCUT2D eigenvalue weighted by Gasteiger charge is 2.36. The van der Waals surface area contributed by atoms with Gasteiger partial charge in [-0.25, -0.2) is 0 Å². The Hall–Kier alpha value is -0.570. The first-order valence-corrected chi connectivity index (χ1v) is 8.95. The molecule has 0 saturated heterocycles. The van der Waals surface area contributed by atoms with Gasteiger partial charge in [0, 0.05) is 0 Å². The summed E-state index contributed by atoms with van der Waals surface area (Å²) < 4.78 is 5.89. The molecular weight excluding hydrogens is 262 g/mol. The number of rotatable bonds is 4. The van der Waals surface area contributed by atoms with E-state index in [-0.39, 0.29) is 12.1 Å². The van der Waals surface area contributed by atoms with E-state index in [4.69, 9.17) is 10.5 Å². The zero-order chi connectivity index (χ0) is 15.4. The van der Waals surface area contributed by atoms with Crippen LogP contribution < -0.4 is 5.73 Å². The van der Waals surface area contributed by atoms with Crippen molar-refractivity contribution in [3.05, 3.63) is 0 Å². The molecule has 2 aliphatic carbocycles. The molecular formula is C18H33NO2. The first-order chi connectivity index (χ1) is 9.99. The zero-order valence-electron chi connectivity index (χ0n) is 14.0. The number of carbonyl (C=O) groups is 1. The van der Waals surface area contributed by atoms with Crippen LogP contribution in [-0.2, 0) is 9.53 Å². The molecule has 0 radical (unpaired) electrons. The van der Waals surface area contributed by atoms with Gasteiger partial charge < -0.3 is 10.5 Å². The van der Waals surface area contributed by atoms with Gasteiger partial charge in [-0.05, 0) is 49.4 Å². The maximum absolute atomic E-state index is 12.4. The van der Waals surface area contributed by atoms with E-state index in [1.54, 1.807) is 0 Å². The Labute approximate surface area is 130 Å². The molecule has 0 heterocycles. The van der Waals surface area contributed by atoms with Crippen molar-refractivity contribution >= 4 is 5.97 Å². The van der Waals surface area contributed by atoms with E-state index in [0.29, 0.717) is 23.7 Å². The highest BCUT2D eigenvalue weighted by Crippen LogP contribution is 2.36. The van der Waals surface area contributed by atoms with Crippen LogP contribution >= 0.6 is 0 Å². The van der Waals surface area contributed by atoms with Crippen LogP contribution in [0.25, 0.3) is 0 Å². The molecule has 0 aromatic heterocycles. The average molecular weight is 295 g/mol. The lowest BCUT2D eigenvalue weighted by Crippen LogP contribution is -2.44. The fourth-order valence-electron chi connectivity index (χ4n) is 4.16. The molecule has 0 aliphatic heterocycles. The van der Waals surface area contributed by atoms with Crippen molar-refractivity contribution in [2.75, 3.05) is 0 Å². The van der Waals surface area contributed by atoms with Crippen molar-refractivity contribution in [1.29, 1.82) is 0 Å². The van der Waals surface area contributed by atoms with Crippen LogP contribution in [0.15, 0.2) is 0 Å². The second kappa shape index (κ2) is 7.62. The van der Waals surface area contributed by atoms with Crippen LogP contribution in [0, 0.1) is 23.7 Å². The largest absolute Gasteiger partial charge is 0.461 e. The van der Waals surface area contributed by atoms with Gasteiger partial charge in [-0.15, -0.1) is 0 Å². The van der Waals surface area contributed by atoms with Crippen molar-refractivity contribution in [2.45, 2.75) is 84.3 Å². The fraction of sp³-hybridized carbons (Fsp3) is 0.944. The highest BCUT2D eigenvalue weighted by atomic mass is 16.5. The smallest absolute Gasteiger partial charge is 0.323 e. The van der Waals surface area contributed by atoms with Crippen LogP contribution in [0.5, 0.6) is 0 Å².